The van der Waals surface area contributed by atoms with Gasteiger partial charge in [-0.2, -0.15) is 0 Å². The number of urea groups is 1. The summed E-state index contributed by atoms with van der Waals surface area (Å²) in [6.45, 7) is 3.60. The fourth-order valence-corrected chi connectivity index (χ4v) is 2.35. The highest BCUT2D eigenvalue weighted by atomic mass is 35.5. The summed E-state index contributed by atoms with van der Waals surface area (Å²) >= 11 is 6.95. The van der Waals surface area contributed by atoms with Gasteiger partial charge in [-0.05, 0) is 32.0 Å². The number of carbonyl (C=O) groups excluding carboxylic acids is 2. The minimum absolute atomic E-state index is 0.0112. The van der Waals surface area contributed by atoms with Crippen LogP contribution in [0.5, 0.6) is 0 Å². The second-order valence-electron chi connectivity index (χ2n) is 4.85. The van der Waals surface area contributed by atoms with Gasteiger partial charge in [0.15, 0.2) is 0 Å². The van der Waals surface area contributed by atoms with Crippen molar-refractivity contribution in [2.24, 2.45) is 0 Å². The van der Waals surface area contributed by atoms with Crippen molar-refractivity contribution < 1.29 is 14.0 Å². The van der Waals surface area contributed by atoms with E-state index in [0.29, 0.717) is 16.5 Å². The Labute approximate surface area is 142 Å². The molecule has 0 aliphatic rings. The molecular weight excluding hydrogens is 340 g/mol. The number of halogens is 1. The number of imide groups is 1. The average molecular weight is 355 g/mol. The highest BCUT2D eigenvalue weighted by molar-refractivity contribution is 7.99. The van der Waals surface area contributed by atoms with Gasteiger partial charge in [-0.25, -0.2) is 4.79 Å². The van der Waals surface area contributed by atoms with E-state index < -0.39 is 11.9 Å². The lowest BCUT2D eigenvalue weighted by atomic mass is 10.2. The van der Waals surface area contributed by atoms with Gasteiger partial charge in [-0.1, -0.05) is 29.4 Å². The molecule has 0 aliphatic heterocycles. The summed E-state index contributed by atoms with van der Waals surface area (Å²) in [6, 6.07) is 6.42. The van der Waals surface area contributed by atoms with E-state index in [4.69, 9.17) is 16.0 Å². The maximum atomic E-state index is 11.6. The average Bonchev–Trinajstić information content (AvgIpc) is 2.93. The molecular formula is C14H15ClN4O3S. The van der Waals surface area contributed by atoms with Gasteiger partial charge >= 0.3 is 6.03 Å². The molecule has 0 bridgehead atoms. The molecule has 2 aromatic rings. The number of aromatic nitrogens is 2. The zero-order valence-electron chi connectivity index (χ0n) is 12.5. The number of amides is 3. The SMILES string of the molecule is CC(C)NC(=O)NC(=O)CSc1nnc(-c2cccc(Cl)c2)o1. The fourth-order valence-electron chi connectivity index (χ4n) is 1.59. The van der Waals surface area contributed by atoms with Gasteiger partial charge in [0.1, 0.15) is 0 Å². The molecule has 0 spiro atoms. The lowest BCUT2D eigenvalue weighted by Gasteiger charge is -2.08. The zero-order chi connectivity index (χ0) is 16.8. The Kier molecular flexibility index (Phi) is 6.00. The Morgan fingerprint density at radius 1 is 1.35 bits per heavy atom. The van der Waals surface area contributed by atoms with Gasteiger partial charge < -0.3 is 9.73 Å². The van der Waals surface area contributed by atoms with Crippen LogP contribution in [0.15, 0.2) is 33.9 Å². The van der Waals surface area contributed by atoms with Crippen LogP contribution in [-0.2, 0) is 4.79 Å². The van der Waals surface area contributed by atoms with Crippen molar-refractivity contribution in [3.05, 3.63) is 29.3 Å². The third-order valence-corrected chi connectivity index (χ3v) is 3.53. The highest BCUT2D eigenvalue weighted by Gasteiger charge is 2.13. The van der Waals surface area contributed by atoms with Gasteiger partial charge in [0.25, 0.3) is 5.22 Å². The molecule has 0 atom stereocenters. The number of hydrogen-bond acceptors (Lipinski definition) is 6. The molecule has 0 aliphatic carbocycles. The van der Waals surface area contributed by atoms with Crippen LogP contribution in [0.1, 0.15) is 13.8 Å². The number of carbonyl (C=O) groups is 2. The maximum Gasteiger partial charge on any atom is 0.321 e. The second-order valence-corrected chi connectivity index (χ2v) is 6.21. The molecule has 0 fully saturated rings. The number of benzene rings is 1. The zero-order valence-corrected chi connectivity index (χ0v) is 14.1. The highest BCUT2D eigenvalue weighted by Crippen LogP contribution is 2.24. The molecule has 1 aromatic carbocycles. The van der Waals surface area contributed by atoms with Crippen LogP contribution in [0.2, 0.25) is 5.02 Å². The summed E-state index contributed by atoms with van der Waals surface area (Å²) in [4.78, 5) is 23.0. The standard InChI is InChI=1S/C14H15ClN4O3S/c1-8(2)16-13(21)17-11(20)7-23-14-19-18-12(22-14)9-4-3-5-10(15)6-9/h3-6,8H,7H2,1-2H3,(H2,16,17,20,21). The Hall–Kier alpha value is -2.06. The topological polar surface area (TPSA) is 97.1 Å². The lowest BCUT2D eigenvalue weighted by Crippen LogP contribution is -2.43. The first-order valence-electron chi connectivity index (χ1n) is 6.76. The van der Waals surface area contributed by atoms with Gasteiger partial charge in [0, 0.05) is 16.6 Å². The van der Waals surface area contributed by atoms with Gasteiger partial charge in [-0.15, -0.1) is 10.2 Å². The molecule has 0 unspecified atom stereocenters. The smallest absolute Gasteiger partial charge is 0.321 e. The molecule has 3 amide bonds. The molecule has 1 heterocycles. The van der Waals surface area contributed by atoms with E-state index >= 15 is 0 Å². The van der Waals surface area contributed by atoms with Crippen LogP contribution < -0.4 is 10.6 Å². The Bertz CT molecular complexity index is 705. The predicted molar refractivity (Wildman–Crippen MR) is 87.3 cm³/mol. The molecule has 2 N–H and O–H groups in total. The van der Waals surface area contributed by atoms with Crippen molar-refractivity contribution in [2.75, 3.05) is 5.75 Å². The molecule has 23 heavy (non-hydrogen) atoms. The summed E-state index contributed by atoms with van der Waals surface area (Å²) in [6.07, 6.45) is 0. The normalized spacial score (nSPS) is 10.6. The third-order valence-electron chi connectivity index (χ3n) is 2.48. The van der Waals surface area contributed by atoms with Crippen molar-refractivity contribution >= 4 is 35.3 Å². The van der Waals surface area contributed by atoms with Crippen molar-refractivity contribution in [2.45, 2.75) is 25.1 Å². The summed E-state index contributed by atoms with van der Waals surface area (Å²) in [5.74, 6) is -0.147. The van der Waals surface area contributed by atoms with E-state index in [2.05, 4.69) is 20.8 Å². The Morgan fingerprint density at radius 3 is 2.83 bits per heavy atom. The summed E-state index contributed by atoms with van der Waals surface area (Å²) in [7, 11) is 0. The minimum Gasteiger partial charge on any atom is -0.411 e. The molecule has 0 saturated carbocycles. The maximum absolute atomic E-state index is 11.6. The second kappa shape index (κ2) is 7.98. The van der Waals surface area contributed by atoms with E-state index in [9.17, 15) is 9.59 Å². The van der Waals surface area contributed by atoms with Gasteiger partial charge in [0.2, 0.25) is 11.8 Å². The van der Waals surface area contributed by atoms with Crippen LogP contribution in [0.25, 0.3) is 11.5 Å². The number of nitrogens with one attached hydrogen (secondary N) is 2. The molecule has 0 radical (unpaired) electrons. The summed E-state index contributed by atoms with van der Waals surface area (Å²) < 4.78 is 5.45. The number of hydrogen-bond donors (Lipinski definition) is 2. The number of thioether (sulfide) groups is 1. The van der Waals surface area contributed by atoms with Crippen LogP contribution in [0.3, 0.4) is 0 Å². The van der Waals surface area contributed by atoms with E-state index in [1.54, 1.807) is 38.1 Å². The van der Waals surface area contributed by atoms with E-state index in [1.165, 1.54) is 0 Å². The molecule has 122 valence electrons. The van der Waals surface area contributed by atoms with Crippen LogP contribution >= 0.6 is 23.4 Å². The van der Waals surface area contributed by atoms with Crippen molar-refractivity contribution in [3.8, 4) is 11.5 Å². The fraction of sp³-hybridized carbons (Fsp3) is 0.286. The molecule has 9 heteroatoms. The molecule has 2 rings (SSSR count). The van der Waals surface area contributed by atoms with Crippen LogP contribution in [-0.4, -0.2) is 33.9 Å². The monoisotopic (exact) mass is 354 g/mol. The largest absolute Gasteiger partial charge is 0.411 e. The van der Waals surface area contributed by atoms with Crippen LogP contribution in [0.4, 0.5) is 4.79 Å². The molecule has 7 nitrogen and oxygen atoms in total. The Morgan fingerprint density at radius 2 is 2.13 bits per heavy atom. The van der Waals surface area contributed by atoms with Gasteiger partial charge in [0.05, 0.1) is 5.75 Å². The van der Waals surface area contributed by atoms with Crippen LogP contribution in [0, 0.1) is 0 Å². The van der Waals surface area contributed by atoms with E-state index in [-0.39, 0.29) is 17.0 Å². The van der Waals surface area contributed by atoms with Crippen molar-refractivity contribution in [3.63, 3.8) is 0 Å². The number of nitrogens with zero attached hydrogens (tertiary/aromatic N) is 2. The third kappa shape index (κ3) is 5.57. The van der Waals surface area contributed by atoms with Crippen molar-refractivity contribution in [1.82, 2.24) is 20.8 Å². The summed E-state index contributed by atoms with van der Waals surface area (Å²) in [5, 5.41) is 13.3. The molecule has 0 saturated heterocycles. The lowest BCUT2D eigenvalue weighted by molar-refractivity contribution is -0.117. The quantitative estimate of drug-likeness (QED) is 0.801. The first-order chi connectivity index (χ1) is 10.9. The minimum atomic E-state index is -0.532. The van der Waals surface area contributed by atoms with E-state index in [1.807, 2.05) is 0 Å². The molecule has 1 aromatic heterocycles. The Balaban J connectivity index is 1.87. The van der Waals surface area contributed by atoms with Gasteiger partial charge in [-0.3, -0.25) is 10.1 Å². The van der Waals surface area contributed by atoms with Crippen molar-refractivity contribution in [1.29, 1.82) is 0 Å². The predicted octanol–water partition coefficient (Wildman–Crippen LogP) is 2.72. The first kappa shape index (κ1) is 17.3. The number of rotatable bonds is 5. The van der Waals surface area contributed by atoms with E-state index in [0.717, 1.165) is 11.8 Å². The summed E-state index contributed by atoms with van der Waals surface area (Å²) in [5.41, 5.74) is 0.692. The first-order valence-corrected chi connectivity index (χ1v) is 8.13.